The smallest absolute Gasteiger partial charge is 0.267 e. The van der Waals surface area contributed by atoms with Gasteiger partial charge in [0.1, 0.15) is 17.5 Å². The van der Waals surface area contributed by atoms with Crippen molar-refractivity contribution in [2.45, 2.75) is 19.5 Å². The first-order valence-electron chi connectivity index (χ1n) is 7.09. The monoisotopic (exact) mass is 329 g/mol. The summed E-state index contributed by atoms with van der Waals surface area (Å²) in [7, 11) is 0. The lowest BCUT2D eigenvalue weighted by molar-refractivity contribution is -0.124. The molecule has 0 aliphatic heterocycles. The van der Waals surface area contributed by atoms with Crippen LogP contribution < -0.4 is 10.9 Å². The van der Waals surface area contributed by atoms with Gasteiger partial charge < -0.3 is 9.73 Å². The lowest BCUT2D eigenvalue weighted by Gasteiger charge is -2.14. The van der Waals surface area contributed by atoms with Crippen molar-refractivity contribution < 1.29 is 9.21 Å². The zero-order valence-corrected chi connectivity index (χ0v) is 13.2. The molecule has 0 aliphatic carbocycles. The van der Waals surface area contributed by atoms with Crippen LogP contribution in [0.5, 0.6) is 0 Å². The van der Waals surface area contributed by atoms with Gasteiger partial charge in [-0.15, -0.1) is 11.3 Å². The number of amides is 1. The highest BCUT2D eigenvalue weighted by Gasteiger charge is 2.18. The summed E-state index contributed by atoms with van der Waals surface area (Å²) in [5.41, 5.74) is 0.358. The summed E-state index contributed by atoms with van der Waals surface area (Å²) in [4.78, 5) is 25.2. The van der Waals surface area contributed by atoms with Crippen molar-refractivity contribution in [3.05, 3.63) is 64.2 Å². The van der Waals surface area contributed by atoms with E-state index in [4.69, 9.17) is 4.42 Å². The second-order valence-corrected chi connectivity index (χ2v) is 5.90. The van der Waals surface area contributed by atoms with Crippen LogP contribution in [0.3, 0.4) is 0 Å². The Hall–Kier alpha value is -2.67. The number of nitrogens with one attached hydrogen (secondary N) is 1. The van der Waals surface area contributed by atoms with Crippen LogP contribution in [-0.4, -0.2) is 15.7 Å². The second-order valence-electron chi connectivity index (χ2n) is 4.95. The Morgan fingerprint density at radius 1 is 1.35 bits per heavy atom. The average Bonchev–Trinajstić information content (AvgIpc) is 3.25. The predicted molar refractivity (Wildman–Crippen MR) is 87.1 cm³/mol. The molecule has 0 spiro atoms. The molecule has 0 radical (unpaired) electrons. The zero-order valence-electron chi connectivity index (χ0n) is 12.4. The normalized spacial score (nSPS) is 12.0. The van der Waals surface area contributed by atoms with Gasteiger partial charge in [-0.3, -0.25) is 9.59 Å². The van der Waals surface area contributed by atoms with Gasteiger partial charge in [-0.2, -0.15) is 5.10 Å². The van der Waals surface area contributed by atoms with E-state index in [1.54, 1.807) is 31.4 Å². The molecule has 0 fully saturated rings. The molecule has 0 bridgehead atoms. The molecule has 3 aromatic heterocycles. The van der Waals surface area contributed by atoms with E-state index in [0.29, 0.717) is 11.5 Å². The van der Waals surface area contributed by atoms with Gasteiger partial charge >= 0.3 is 0 Å². The Bertz CT molecular complexity index is 838. The number of hydrogen-bond acceptors (Lipinski definition) is 5. The first-order chi connectivity index (χ1) is 11.1. The maximum Gasteiger partial charge on any atom is 0.267 e. The third-order valence-electron chi connectivity index (χ3n) is 3.36. The lowest BCUT2D eigenvalue weighted by Crippen LogP contribution is -2.36. The first-order valence-corrected chi connectivity index (χ1v) is 7.97. The summed E-state index contributed by atoms with van der Waals surface area (Å²) < 4.78 is 6.36. The number of nitrogens with zero attached hydrogens (tertiary/aromatic N) is 2. The van der Waals surface area contributed by atoms with E-state index in [0.717, 1.165) is 4.88 Å². The molecule has 0 saturated carbocycles. The number of carbonyl (C=O) groups excluding carboxylic acids is 1. The third kappa shape index (κ3) is 3.40. The van der Waals surface area contributed by atoms with E-state index in [-0.39, 0.29) is 18.0 Å². The molecule has 6 nitrogen and oxygen atoms in total. The van der Waals surface area contributed by atoms with Crippen LogP contribution >= 0.6 is 11.3 Å². The quantitative estimate of drug-likeness (QED) is 0.780. The Morgan fingerprint density at radius 2 is 2.22 bits per heavy atom. The summed E-state index contributed by atoms with van der Waals surface area (Å²) >= 11 is 1.53. The fraction of sp³-hybridized carbons (Fsp3) is 0.188. The van der Waals surface area contributed by atoms with Crippen molar-refractivity contribution in [2.75, 3.05) is 0 Å². The minimum atomic E-state index is -0.711. The van der Waals surface area contributed by atoms with Gasteiger partial charge in [0.25, 0.3) is 5.56 Å². The average molecular weight is 329 g/mol. The summed E-state index contributed by atoms with van der Waals surface area (Å²) in [6, 6.07) is 9.74. The summed E-state index contributed by atoms with van der Waals surface area (Å²) in [6.45, 7) is 1.92. The van der Waals surface area contributed by atoms with E-state index < -0.39 is 6.04 Å². The molecule has 0 saturated heterocycles. The number of rotatable bonds is 5. The minimum Gasteiger partial charge on any atom is -0.467 e. The highest BCUT2D eigenvalue weighted by Crippen LogP contribution is 2.21. The fourth-order valence-electron chi connectivity index (χ4n) is 2.10. The SMILES string of the molecule is CC(C(=O)NCc1ccco1)n1nc(-c2cccs2)ccc1=O. The molecule has 3 aromatic rings. The molecule has 118 valence electrons. The van der Waals surface area contributed by atoms with Gasteiger partial charge in [0.2, 0.25) is 5.91 Å². The Labute approximate surface area is 136 Å². The molecule has 1 N–H and O–H groups in total. The van der Waals surface area contributed by atoms with Crippen LogP contribution in [0.25, 0.3) is 10.6 Å². The van der Waals surface area contributed by atoms with Crippen molar-refractivity contribution in [1.82, 2.24) is 15.1 Å². The molecule has 0 aromatic carbocycles. The number of carbonyl (C=O) groups is 1. The standard InChI is InChI=1S/C16H15N3O3S/c1-11(16(21)17-10-12-4-2-8-22-12)19-15(20)7-6-13(18-19)14-5-3-9-23-14/h2-9,11H,10H2,1H3,(H,17,21). The van der Waals surface area contributed by atoms with Crippen molar-refractivity contribution in [3.8, 4) is 10.6 Å². The second kappa shape index (κ2) is 6.62. The number of thiophene rings is 1. The van der Waals surface area contributed by atoms with Crippen LogP contribution in [0.2, 0.25) is 0 Å². The van der Waals surface area contributed by atoms with E-state index in [1.165, 1.54) is 22.1 Å². The van der Waals surface area contributed by atoms with Gasteiger partial charge in [0.05, 0.1) is 17.7 Å². The van der Waals surface area contributed by atoms with Gasteiger partial charge in [0, 0.05) is 6.07 Å². The van der Waals surface area contributed by atoms with Crippen LogP contribution in [-0.2, 0) is 11.3 Å². The lowest BCUT2D eigenvalue weighted by atomic mass is 10.3. The van der Waals surface area contributed by atoms with Gasteiger partial charge in [0.15, 0.2) is 0 Å². The first kappa shape index (κ1) is 15.2. The Balaban J connectivity index is 1.78. The van der Waals surface area contributed by atoms with Crippen molar-refractivity contribution >= 4 is 17.2 Å². The summed E-state index contributed by atoms with van der Waals surface area (Å²) in [5, 5.41) is 8.98. The Kier molecular flexibility index (Phi) is 4.38. The van der Waals surface area contributed by atoms with Crippen molar-refractivity contribution in [3.63, 3.8) is 0 Å². The zero-order chi connectivity index (χ0) is 16.2. The molecule has 0 aliphatic rings. The van der Waals surface area contributed by atoms with Crippen molar-refractivity contribution in [2.24, 2.45) is 0 Å². The van der Waals surface area contributed by atoms with E-state index in [1.807, 2.05) is 17.5 Å². The van der Waals surface area contributed by atoms with Crippen LogP contribution in [0.1, 0.15) is 18.7 Å². The third-order valence-corrected chi connectivity index (χ3v) is 4.25. The summed E-state index contributed by atoms with van der Waals surface area (Å²) in [5.74, 6) is 0.359. The molecule has 3 rings (SSSR count). The van der Waals surface area contributed by atoms with E-state index in [9.17, 15) is 9.59 Å². The van der Waals surface area contributed by atoms with Crippen LogP contribution in [0.4, 0.5) is 0 Å². The van der Waals surface area contributed by atoms with E-state index >= 15 is 0 Å². The molecule has 3 heterocycles. The van der Waals surface area contributed by atoms with Gasteiger partial charge in [-0.1, -0.05) is 6.07 Å². The highest BCUT2D eigenvalue weighted by atomic mass is 32.1. The van der Waals surface area contributed by atoms with E-state index in [2.05, 4.69) is 10.4 Å². The predicted octanol–water partition coefficient (Wildman–Crippen LogP) is 2.44. The minimum absolute atomic E-state index is 0.273. The molecule has 23 heavy (non-hydrogen) atoms. The fourth-order valence-corrected chi connectivity index (χ4v) is 2.80. The number of aromatic nitrogens is 2. The molecular formula is C16H15N3O3S. The largest absolute Gasteiger partial charge is 0.467 e. The maximum absolute atomic E-state index is 12.2. The molecule has 7 heteroatoms. The number of furan rings is 1. The molecule has 1 amide bonds. The van der Waals surface area contributed by atoms with Gasteiger partial charge in [-0.05, 0) is 36.6 Å². The topological polar surface area (TPSA) is 77.1 Å². The molecule has 1 atom stereocenters. The molecular weight excluding hydrogens is 314 g/mol. The maximum atomic E-state index is 12.2. The van der Waals surface area contributed by atoms with Gasteiger partial charge in [-0.25, -0.2) is 4.68 Å². The number of hydrogen-bond donors (Lipinski definition) is 1. The highest BCUT2D eigenvalue weighted by molar-refractivity contribution is 7.13. The Morgan fingerprint density at radius 3 is 2.91 bits per heavy atom. The molecule has 1 unspecified atom stereocenters. The summed E-state index contributed by atoms with van der Waals surface area (Å²) in [6.07, 6.45) is 1.54. The van der Waals surface area contributed by atoms with Crippen molar-refractivity contribution in [1.29, 1.82) is 0 Å². The van der Waals surface area contributed by atoms with Crippen LogP contribution in [0, 0.1) is 0 Å². The van der Waals surface area contributed by atoms with Crippen LogP contribution in [0.15, 0.2) is 57.3 Å².